The molecular weight excluding hydrogens is 290 g/mol. The van der Waals surface area contributed by atoms with Crippen LogP contribution in [0.15, 0.2) is 49.1 Å². The Labute approximate surface area is 126 Å². The van der Waals surface area contributed by atoms with Crippen molar-refractivity contribution in [2.24, 2.45) is 0 Å². The summed E-state index contributed by atoms with van der Waals surface area (Å²) in [5, 5.41) is 3.70. The standard InChI is InChI=1S/C14H12ClN5O/c15-11-3-1-10(2-4-11)9-21-13-12(16-5-6-17-13)20-14-18-7-8-19-14/h1-8H,9H2,(H2,16,18,19,20). The Hall–Kier alpha value is -2.60. The minimum absolute atomic E-state index is 0.378. The Kier molecular flexibility index (Phi) is 3.97. The molecule has 0 aliphatic carbocycles. The summed E-state index contributed by atoms with van der Waals surface area (Å²) < 4.78 is 5.69. The van der Waals surface area contributed by atoms with Crippen molar-refractivity contribution < 1.29 is 4.74 Å². The van der Waals surface area contributed by atoms with Gasteiger partial charge >= 0.3 is 0 Å². The van der Waals surface area contributed by atoms with E-state index in [0.717, 1.165) is 5.56 Å². The third-order valence-electron chi connectivity index (χ3n) is 2.69. The topological polar surface area (TPSA) is 75.7 Å². The molecule has 2 heterocycles. The summed E-state index contributed by atoms with van der Waals surface area (Å²) in [4.78, 5) is 15.4. The van der Waals surface area contributed by atoms with E-state index in [4.69, 9.17) is 16.3 Å². The Morgan fingerprint density at radius 1 is 1.05 bits per heavy atom. The van der Waals surface area contributed by atoms with Gasteiger partial charge in [0.25, 0.3) is 5.88 Å². The Bertz CT molecular complexity index is 700. The van der Waals surface area contributed by atoms with Crippen LogP contribution in [0.5, 0.6) is 5.88 Å². The molecule has 3 aromatic rings. The zero-order valence-corrected chi connectivity index (χ0v) is 11.7. The number of hydrogen-bond donors (Lipinski definition) is 2. The lowest BCUT2D eigenvalue weighted by atomic mass is 10.2. The van der Waals surface area contributed by atoms with E-state index >= 15 is 0 Å². The second-order valence-corrected chi connectivity index (χ2v) is 4.62. The molecule has 0 bridgehead atoms. The molecule has 0 saturated heterocycles. The zero-order valence-electron chi connectivity index (χ0n) is 11.0. The van der Waals surface area contributed by atoms with Gasteiger partial charge in [0.15, 0.2) is 5.82 Å². The van der Waals surface area contributed by atoms with Crippen LogP contribution in [0.4, 0.5) is 11.8 Å². The number of nitrogens with one attached hydrogen (secondary N) is 2. The zero-order chi connectivity index (χ0) is 14.5. The van der Waals surface area contributed by atoms with Crippen LogP contribution in [0.1, 0.15) is 5.56 Å². The maximum atomic E-state index is 5.85. The summed E-state index contributed by atoms with van der Waals surface area (Å²) in [6.45, 7) is 0.378. The molecule has 2 N–H and O–H groups in total. The first kappa shape index (κ1) is 13.4. The van der Waals surface area contributed by atoms with Crippen LogP contribution in [0.25, 0.3) is 0 Å². The van der Waals surface area contributed by atoms with Gasteiger partial charge < -0.3 is 15.0 Å². The summed E-state index contributed by atoms with van der Waals surface area (Å²) in [6, 6.07) is 7.44. The minimum atomic E-state index is 0.378. The summed E-state index contributed by atoms with van der Waals surface area (Å²) in [7, 11) is 0. The second-order valence-electron chi connectivity index (χ2n) is 4.19. The molecule has 0 aliphatic heterocycles. The largest absolute Gasteiger partial charge is 0.470 e. The normalized spacial score (nSPS) is 10.3. The molecule has 0 aliphatic rings. The Morgan fingerprint density at radius 3 is 2.62 bits per heavy atom. The number of rotatable bonds is 5. The fraction of sp³-hybridized carbons (Fsp3) is 0.0714. The molecule has 3 rings (SSSR count). The average molecular weight is 302 g/mol. The lowest BCUT2D eigenvalue weighted by molar-refractivity contribution is 0.294. The summed E-state index contributed by atoms with van der Waals surface area (Å²) >= 11 is 5.85. The van der Waals surface area contributed by atoms with E-state index in [1.807, 2.05) is 24.3 Å². The van der Waals surface area contributed by atoms with Crippen LogP contribution >= 0.6 is 11.6 Å². The van der Waals surface area contributed by atoms with E-state index in [1.54, 1.807) is 24.8 Å². The molecule has 0 amide bonds. The molecule has 0 radical (unpaired) electrons. The molecular formula is C14H12ClN5O. The predicted molar refractivity (Wildman–Crippen MR) is 79.7 cm³/mol. The first-order valence-electron chi connectivity index (χ1n) is 6.26. The number of benzene rings is 1. The highest BCUT2D eigenvalue weighted by Crippen LogP contribution is 2.21. The summed E-state index contributed by atoms with van der Waals surface area (Å²) in [5.41, 5.74) is 0.994. The van der Waals surface area contributed by atoms with Gasteiger partial charge in [-0.25, -0.2) is 15.0 Å². The van der Waals surface area contributed by atoms with Gasteiger partial charge in [-0.2, -0.15) is 0 Å². The fourth-order valence-corrected chi connectivity index (χ4v) is 1.82. The van der Waals surface area contributed by atoms with Crippen LogP contribution in [0, 0.1) is 0 Å². The second kappa shape index (κ2) is 6.23. The van der Waals surface area contributed by atoms with E-state index in [9.17, 15) is 0 Å². The summed E-state index contributed by atoms with van der Waals surface area (Å²) in [6.07, 6.45) is 6.52. The SMILES string of the molecule is Clc1ccc(COc2nccnc2Nc2ncc[nH]2)cc1. The van der Waals surface area contributed by atoms with Crippen molar-refractivity contribution in [1.82, 2.24) is 19.9 Å². The molecule has 7 heteroatoms. The predicted octanol–water partition coefficient (Wildman–Crippen LogP) is 3.18. The van der Waals surface area contributed by atoms with Gasteiger partial charge in [0.1, 0.15) is 6.61 Å². The first-order valence-corrected chi connectivity index (χ1v) is 6.64. The molecule has 2 aromatic heterocycles. The molecule has 21 heavy (non-hydrogen) atoms. The van der Waals surface area contributed by atoms with Crippen LogP contribution in [0.3, 0.4) is 0 Å². The van der Waals surface area contributed by atoms with Gasteiger partial charge in [0.2, 0.25) is 5.95 Å². The Morgan fingerprint density at radius 2 is 1.86 bits per heavy atom. The van der Waals surface area contributed by atoms with Crippen LogP contribution in [-0.4, -0.2) is 19.9 Å². The third-order valence-corrected chi connectivity index (χ3v) is 2.94. The van der Waals surface area contributed by atoms with Gasteiger partial charge in [0, 0.05) is 29.8 Å². The van der Waals surface area contributed by atoms with Crippen molar-refractivity contribution in [1.29, 1.82) is 0 Å². The highest BCUT2D eigenvalue weighted by atomic mass is 35.5. The average Bonchev–Trinajstić information content (AvgIpc) is 3.01. The number of aromatic nitrogens is 4. The lowest BCUT2D eigenvalue weighted by Gasteiger charge is -2.09. The molecule has 6 nitrogen and oxygen atoms in total. The third kappa shape index (κ3) is 3.49. The number of H-pyrrole nitrogens is 1. The smallest absolute Gasteiger partial charge is 0.258 e. The van der Waals surface area contributed by atoms with Gasteiger partial charge in [-0.15, -0.1) is 0 Å². The number of aromatic amines is 1. The summed E-state index contributed by atoms with van der Waals surface area (Å²) in [5.74, 6) is 1.48. The molecule has 106 valence electrons. The lowest BCUT2D eigenvalue weighted by Crippen LogP contribution is -2.03. The van der Waals surface area contributed by atoms with Crippen molar-refractivity contribution in [2.75, 3.05) is 5.32 Å². The van der Waals surface area contributed by atoms with Crippen molar-refractivity contribution in [3.63, 3.8) is 0 Å². The van der Waals surface area contributed by atoms with Crippen LogP contribution < -0.4 is 10.1 Å². The Balaban J connectivity index is 1.71. The van der Waals surface area contributed by atoms with Gasteiger partial charge in [0.05, 0.1) is 0 Å². The van der Waals surface area contributed by atoms with E-state index in [0.29, 0.717) is 29.3 Å². The van der Waals surface area contributed by atoms with E-state index < -0.39 is 0 Å². The molecule has 0 unspecified atom stereocenters. The number of hydrogen-bond acceptors (Lipinski definition) is 5. The van der Waals surface area contributed by atoms with Gasteiger partial charge in [-0.3, -0.25) is 0 Å². The van der Waals surface area contributed by atoms with Crippen molar-refractivity contribution in [2.45, 2.75) is 6.61 Å². The highest BCUT2D eigenvalue weighted by Gasteiger charge is 2.08. The molecule has 0 atom stereocenters. The van der Waals surface area contributed by atoms with Crippen molar-refractivity contribution in [3.8, 4) is 5.88 Å². The van der Waals surface area contributed by atoms with Crippen LogP contribution in [-0.2, 0) is 6.61 Å². The monoisotopic (exact) mass is 301 g/mol. The van der Waals surface area contributed by atoms with Gasteiger partial charge in [-0.05, 0) is 17.7 Å². The molecule has 0 saturated carbocycles. The number of imidazole rings is 1. The van der Waals surface area contributed by atoms with E-state index in [2.05, 4.69) is 25.3 Å². The van der Waals surface area contributed by atoms with Gasteiger partial charge in [-0.1, -0.05) is 23.7 Å². The number of halogens is 1. The molecule has 0 fully saturated rings. The molecule has 1 aromatic carbocycles. The molecule has 0 spiro atoms. The first-order chi connectivity index (χ1) is 10.3. The maximum absolute atomic E-state index is 5.85. The quantitative estimate of drug-likeness (QED) is 0.757. The van der Waals surface area contributed by atoms with Crippen LogP contribution in [0.2, 0.25) is 5.02 Å². The van der Waals surface area contributed by atoms with E-state index in [-0.39, 0.29) is 0 Å². The maximum Gasteiger partial charge on any atom is 0.258 e. The highest BCUT2D eigenvalue weighted by molar-refractivity contribution is 6.30. The number of nitrogens with zero attached hydrogens (tertiary/aromatic N) is 3. The minimum Gasteiger partial charge on any atom is -0.470 e. The number of ether oxygens (including phenoxy) is 1. The van der Waals surface area contributed by atoms with Crippen molar-refractivity contribution in [3.05, 3.63) is 59.6 Å². The van der Waals surface area contributed by atoms with E-state index in [1.165, 1.54) is 0 Å². The fourth-order valence-electron chi connectivity index (χ4n) is 1.69. The number of anilines is 2. The van der Waals surface area contributed by atoms with Crippen molar-refractivity contribution >= 4 is 23.4 Å².